The van der Waals surface area contributed by atoms with E-state index in [1.54, 1.807) is 7.11 Å². The lowest BCUT2D eigenvalue weighted by molar-refractivity contribution is -0.135. The Labute approximate surface area is 166 Å². The summed E-state index contributed by atoms with van der Waals surface area (Å²) < 4.78 is 10.3. The van der Waals surface area contributed by atoms with Crippen LogP contribution in [0.3, 0.4) is 0 Å². The van der Waals surface area contributed by atoms with Gasteiger partial charge in [0.15, 0.2) is 0 Å². The van der Waals surface area contributed by atoms with Crippen LogP contribution in [0.2, 0.25) is 0 Å². The fraction of sp³-hybridized carbons (Fsp3) is 0.391. The molecule has 0 bridgehead atoms. The van der Waals surface area contributed by atoms with Gasteiger partial charge in [-0.25, -0.2) is 0 Å². The first-order valence-electron chi connectivity index (χ1n) is 9.63. The van der Waals surface area contributed by atoms with E-state index in [1.807, 2.05) is 42.2 Å². The molecule has 3 rings (SSSR count). The van der Waals surface area contributed by atoms with E-state index in [4.69, 9.17) is 9.47 Å². The van der Waals surface area contributed by atoms with Crippen LogP contribution >= 0.6 is 0 Å². The molecule has 1 saturated heterocycles. The summed E-state index contributed by atoms with van der Waals surface area (Å²) in [5.41, 5.74) is 5.17. The second kappa shape index (κ2) is 8.91. The third-order valence-electron chi connectivity index (χ3n) is 5.36. The highest BCUT2D eigenvalue weighted by Gasteiger charge is 2.26. The molecular formula is C23H27NO4. The van der Waals surface area contributed by atoms with E-state index in [0.29, 0.717) is 38.8 Å². The summed E-state index contributed by atoms with van der Waals surface area (Å²) in [6.45, 7) is 5.79. The van der Waals surface area contributed by atoms with Crippen LogP contribution < -0.4 is 4.74 Å². The Morgan fingerprint density at radius 3 is 2.43 bits per heavy atom. The molecule has 2 aromatic rings. The summed E-state index contributed by atoms with van der Waals surface area (Å²) in [7, 11) is 1.65. The largest absolute Gasteiger partial charge is 0.497 e. The fourth-order valence-electron chi connectivity index (χ4n) is 3.81. The van der Waals surface area contributed by atoms with Crippen molar-refractivity contribution in [2.75, 3.05) is 20.2 Å². The third kappa shape index (κ3) is 4.53. The molecule has 0 unspecified atom stereocenters. The van der Waals surface area contributed by atoms with Crippen molar-refractivity contribution in [1.82, 2.24) is 4.90 Å². The van der Waals surface area contributed by atoms with E-state index >= 15 is 0 Å². The van der Waals surface area contributed by atoms with Crippen LogP contribution in [0.5, 0.6) is 5.75 Å². The molecule has 1 heterocycles. The Bertz CT molecular complexity index is 836. The number of carbonyl (C=O) groups excluding carboxylic acids is 2. The molecule has 0 aromatic heterocycles. The van der Waals surface area contributed by atoms with Crippen LogP contribution in [0.15, 0.2) is 36.4 Å². The number of rotatable bonds is 6. The molecule has 1 aliphatic rings. The van der Waals surface area contributed by atoms with Crippen molar-refractivity contribution in [2.24, 2.45) is 0 Å². The van der Waals surface area contributed by atoms with Crippen LogP contribution in [0.1, 0.15) is 45.5 Å². The number of hydrogen-bond donors (Lipinski definition) is 0. The Hall–Kier alpha value is -2.82. The van der Waals surface area contributed by atoms with Gasteiger partial charge in [0.25, 0.3) is 12.4 Å². The first-order chi connectivity index (χ1) is 13.5. The second-order valence-electron chi connectivity index (χ2n) is 7.36. The number of ether oxygens (including phenoxy) is 2. The van der Waals surface area contributed by atoms with Gasteiger partial charge in [-0.05, 0) is 55.2 Å². The third-order valence-corrected chi connectivity index (χ3v) is 5.36. The summed E-state index contributed by atoms with van der Waals surface area (Å²) in [4.78, 5) is 25.7. The van der Waals surface area contributed by atoms with Crippen molar-refractivity contribution in [1.29, 1.82) is 0 Å². The molecule has 2 aromatic carbocycles. The van der Waals surface area contributed by atoms with Crippen LogP contribution in [0, 0.1) is 13.8 Å². The predicted molar refractivity (Wildman–Crippen MR) is 108 cm³/mol. The standard InChI is InChI=1S/C23H27NO4/c1-16-12-17(2)21(14-18-4-6-19(27-3)7-5-18)22(13-16)23(26)24-10-8-20(9-11-24)28-15-25/h4-7,12-13,15,20H,8-11,14H2,1-3H3. The van der Waals surface area contributed by atoms with Crippen LogP contribution in [-0.2, 0) is 16.0 Å². The molecule has 1 fully saturated rings. The van der Waals surface area contributed by atoms with Crippen molar-refractivity contribution >= 4 is 12.4 Å². The van der Waals surface area contributed by atoms with Gasteiger partial charge in [-0.2, -0.15) is 0 Å². The van der Waals surface area contributed by atoms with Crippen molar-refractivity contribution < 1.29 is 19.1 Å². The summed E-state index contributed by atoms with van der Waals surface area (Å²) in [5, 5.41) is 0. The number of nitrogens with zero attached hydrogens (tertiary/aromatic N) is 1. The lowest BCUT2D eigenvalue weighted by Crippen LogP contribution is -2.41. The molecule has 5 heteroatoms. The van der Waals surface area contributed by atoms with E-state index in [2.05, 4.69) is 13.0 Å². The van der Waals surface area contributed by atoms with Crippen molar-refractivity contribution in [3.05, 3.63) is 64.2 Å². The van der Waals surface area contributed by atoms with Gasteiger partial charge < -0.3 is 14.4 Å². The number of likely N-dealkylation sites (tertiary alicyclic amines) is 1. The number of amides is 1. The molecule has 5 nitrogen and oxygen atoms in total. The highest BCUT2D eigenvalue weighted by Crippen LogP contribution is 2.25. The quantitative estimate of drug-likeness (QED) is 0.717. The number of methoxy groups -OCH3 is 1. The van der Waals surface area contributed by atoms with E-state index in [9.17, 15) is 9.59 Å². The Morgan fingerprint density at radius 1 is 1.14 bits per heavy atom. The maximum Gasteiger partial charge on any atom is 0.293 e. The highest BCUT2D eigenvalue weighted by molar-refractivity contribution is 5.96. The normalized spacial score (nSPS) is 14.6. The SMILES string of the molecule is COc1ccc(Cc2c(C)cc(C)cc2C(=O)N2CCC(OC=O)CC2)cc1. The van der Waals surface area contributed by atoms with E-state index in [-0.39, 0.29) is 12.0 Å². The molecule has 1 aliphatic heterocycles. The minimum absolute atomic E-state index is 0.0554. The molecule has 0 N–H and O–H groups in total. The lowest BCUT2D eigenvalue weighted by Gasteiger charge is -2.31. The summed E-state index contributed by atoms with van der Waals surface area (Å²) in [6, 6.07) is 12.1. The molecule has 0 spiro atoms. The minimum atomic E-state index is -0.0837. The number of aryl methyl sites for hydroxylation is 2. The number of benzene rings is 2. The average molecular weight is 381 g/mol. The van der Waals surface area contributed by atoms with Gasteiger partial charge >= 0.3 is 0 Å². The molecule has 0 aliphatic carbocycles. The predicted octanol–water partition coefficient (Wildman–Crippen LogP) is 3.68. The van der Waals surface area contributed by atoms with Gasteiger partial charge in [0.05, 0.1) is 7.11 Å². The minimum Gasteiger partial charge on any atom is -0.497 e. The molecule has 0 atom stereocenters. The first kappa shape index (κ1) is 19.9. The number of hydrogen-bond acceptors (Lipinski definition) is 4. The smallest absolute Gasteiger partial charge is 0.293 e. The van der Waals surface area contributed by atoms with Crippen molar-refractivity contribution in [3.8, 4) is 5.75 Å². The van der Waals surface area contributed by atoms with Gasteiger partial charge in [-0.15, -0.1) is 0 Å². The monoisotopic (exact) mass is 381 g/mol. The summed E-state index contributed by atoms with van der Waals surface area (Å²) in [6.07, 6.45) is 1.98. The summed E-state index contributed by atoms with van der Waals surface area (Å²) >= 11 is 0. The molecule has 28 heavy (non-hydrogen) atoms. The summed E-state index contributed by atoms with van der Waals surface area (Å²) in [5.74, 6) is 0.876. The second-order valence-corrected chi connectivity index (χ2v) is 7.36. The highest BCUT2D eigenvalue weighted by atomic mass is 16.5. The Kier molecular flexibility index (Phi) is 6.34. The van der Waals surface area contributed by atoms with Gasteiger partial charge in [-0.1, -0.05) is 23.8 Å². The number of carbonyl (C=O) groups is 2. The Morgan fingerprint density at radius 2 is 1.82 bits per heavy atom. The van der Waals surface area contributed by atoms with Crippen LogP contribution in [0.4, 0.5) is 0 Å². The van der Waals surface area contributed by atoms with Gasteiger partial charge in [0.1, 0.15) is 11.9 Å². The zero-order valence-electron chi connectivity index (χ0n) is 16.7. The van der Waals surface area contributed by atoms with E-state index < -0.39 is 0 Å². The zero-order chi connectivity index (χ0) is 20.1. The molecule has 0 radical (unpaired) electrons. The van der Waals surface area contributed by atoms with Crippen LogP contribution in [0.25, 0.3) is 0 Å². The maximum absolute atomic E-state index is 13.3. The number of piperidine rings is 1. The van der Waals surface area contributed by atoms with E-state index in [0.717, 1.165) is 33.6 Å². The lowest BCUT2D eigenvalue weighted by atomic mass is 9.92. The van der Waals surface area contributed by atoms with Gasteiger partial charge in [-0.3, -0.25) is 9.59 Å². The fourth-order valence-corrected chi connectivity index (χ4v) is 3.81. The average Bonchev–Trinajstić information content (AvgIpc) is 2.70. The molecular weight excluding hydrogens is 354 g/mol. The zero-order valence-corrected chi connectivity index (χ0v) is 16.7. The van der Waals surface area contributed by atoms with Gasteiger partial charge in [0.2, 0.25) is 0 Å². The Balaban J connectivity index is 1.83. The maximum atomic E-state index is 13.3. The van der Waals surface area contributed by atoms with Gasteiger partial charge in [0, 0.05) is 31.5 Å². The van der Waals surface area contributed by atoms with E-state index in [1.165, 1.54) is 0 Å². The molecule has 148 valence electrons. The topological polar surface area (TPSA) is 55.8 Å². The first-order valence-corrected chi connectivity index (χ1v) is 9.63. The van der Waals surface area contributed by atoms with Crippen LogP contribution in [-0.4, -0.2) is 43.6 Å². The van der Waals surface area contributed by atoms with Crippen molar-refractivity contribution in [2.45, 2.75) is 39.2 Å². The molecule has 1 amide bonds. The van der Waals surface area contributed by atoms with Crippen molar-refractivity contribution in [3.63, 3.8) is 0 Å². The molecule has 0 saturated carbocycles.